The minimum Gasteiger partial charge on any atom is -0.369 e. The van der Waals surface area contributed by atoms with Crippen LogP contribution in [0.1, 0.15) is 24.0 Å². The number of carbonyl (C=O) groups is 2. The van der Waals surface area contributed by atoms with Crippen molar-refractivity contribution >= 4 is 35.0 Å². The maximum absolute atomic E-state index is 12.4. The lowest BCUT2D eigenvalue weighted by atomic mass is 10.1. The first-order valence-corrected chi connectivity index (χ1v) is 10.9. The molecule has 2 aromatic carbocycles. The highest BCUT2D eigenvalue weighted by Crippen LogP contribution is 2.25. The minimum absolute atomic E-state index is 0.162. The van der Waals surface area contributed by atoms with Crippen molar-refractivity contribution in [2.24, 2.45) is 0 Å². The molecular weight excluding hydrogens is 388 g/mol. The van der Waals surface area contributed by atoms with Crippen LogP contribution in [0, 0.1) is 6.92 Å². The number of piperazine rings is 1. The third-order valence-corrected chi connectivity index (χ3v) is 6.01. The van der Waals surface area contributed by atoms with Crippen molar-refractivity contribution in [2.45, 2.75) is 19.8 Å². The summed E-state index contributed by atoms with van der Waals surface area (Å²) in [6.07, 6.45) is 4.87. The minimum atomic E-state index is -0.162. The number of nitrogens with zero attached hydrogens (tertiary/aromatic N) is 3. The van der Waals surface area contributed by atoms with Gasteiger partial charge in [-0.05, 0) is 67.9 Å². The van der Waals surface area contributed by atoms with E-state index < -0.39 is 0 Å². The summed E-state index contributed by atoms with van der Waals surface area (Å²) >= 11 is 0. The zero-order chi connectivity index (χ0) is 21.8. The summed E-state index contributed by atoms with van der Waals surface area (Å²) in [5.74, 6) is 0.0159. The monoisotopic (exact) mass is 418 g/mol. The van der Waals surface area contributed by atoms with E-state index in [1.807, 2.05) is 41.3 Å². The lowest BCUT2D eigenvalue weighted by molar-refractivity contribution is -0.117. The fraction of sp³-hybridized carbons (Fsp3) is 0.360. The molecule has 6 nitrogen and oxygen atoms in total. The molecule has 2 aliphatic heterocycles. The van der Waals surface area contributed by atoms with Crippen molar-refractivity contribution in [2.75, 3.05) is 54.9 Å². The Bertz CT molecular complexity index is 976. The fourth-order valence-corrected chi connectivity index (χ4v) is 4.18. The Balaban J connectivity index is 1.34. The van der Waals surface area contributed by atoms with Crippen LogP contribution in [0.25, 0.3) is 6.08 Å². The number of rotatable bonds is 5. The molecule has 0 bridgehead atoms. The summed E-state index contributed by atoms with van der Waals surface area (Å²) in [5, 5.41) is 2.95. The molecule has 0 radical (unpaired) electrons. The van der Waals surface area contributed by atoms with Gasteiger partial charge in [-0.25, -0.2) is 0 Å². The van der Waals surface area contributed by atoms with E-state index in [-0.39, 0.29) is 11.8 Å². The van der Waals surface area contributed by atoms with Crippen LogP contribution in [-0.2, 0) is 9.59 Å². The Morgan fingerprint density at radius 2 is 1.74 bits per heavy atom. The number of aryl methyl sites for hydroxylation is 1. The van der Waals surface area contributed by atoms with E-state index in [1.165, 1.54) is 11.3 Å². The van der Waals surface area contributed by atoms with Crippen molar-refractivity contribution in [3.8, 4) is 0 Å². The molecule has 31 heavy (non-hydrogen) atoms. The van der Waals surface area contributed by atoms with Gasteiger partial charge in [0.2, 0.25) is 11.8 Å². The summed E-state index contributed by atoms with van der Waals surface area (Å²) in [5.41, 5.74) is 5.04. The van der Waals surface area contributed by atoms with Crippen LogP contribution in [0.15, 0.2) is 48.5 Å². The number of benzene rings is 2. The highest BCUT2D eigenvalue weighted by atomic mass is 16.2. The van der Waals surface area contributed by atoms with Gasteiger partial charge in [0.25, 0.3) is 0 Å². The van der Waals surface area contributed by atoms with Gasteiger partial charge in [-0.3, -0.25) is 9.59 Å². The molecular formula is C25H30N4O2. The molecule has 0 spiro atoms. The van der Waals surface area contributed by atoms with E-state index in [0.717, 1.165) is 56.1 Å². The van der Waals surface area contributed by atoms with Gasteiger partial charge in [0.1, 0.15) is 0 Å². The second kappa shape index (κ2) is 9.35. The zero-order valence-corrected chi connectivity index (χ0v) is 18.3. The molecule has 0 atom stereocenters. The van der Waals surface area contributed by atoms with Crippen LogP contribution >= 0.6 is 0 Å². The Hall–Kier alpha value is -3.12. The SMILES string of the molecule is Cc1cc(NC(=O)C=Cc2ccc(N3CCCC3=O)cc2)ccc1N1CCN(C)CC1. The Kier molecular flexibility index (Phi) is 6.37. The molecule has 2 aliphatic rings. The van der Waals surface area contributed by atoms with E-state index in [4.69, 9.17) is 0 Å². The molecule has 2 heterocycles. The van der Waals surface area contributed by atoms with Gasteiger partial charge in [-0.1, -0.05) is 12.1 Å². The van der Waals surface area contributed by atoms with E-state index in [9.17, 15) is 9.59 Å². The first kappa shape index (κ1) is 21.1. The predicted molar refractivity (Wildman–Crippen MR) is 127 cm³/mol. The number of amides is 2. The van der Waals surface area contributed by atoms with Crippen LogP contribution in [0.2, 0.25) is 0 Å². The molecule has 2 aromatic rings. The average molecular weight is 419 g/mol. The van der Waals surface area contributed by atoms with Crippen LogP contribution in [0.5, 0.6) is 0 Å². The van der Waals surface area contributed by atoms with Gasteiger partial charge < -0.3 is 20.0 Å². The Labute approximate surface area is 184 Å². The standard InChI is InChI=1S/C25H30N4O2/c1-19-18-21(8-11-23(19)28-16-14-27(2)15-17-28)26-24(30)12-7-20-5-9-22(10-6-20)29-13-3-4-25(29)31/h5-12,18H,3-4,13-17H2,1-2H3,(H,26,30). The van der Waals surface area contributed by atoms with Crippen LogP contribution < -0.4 is 15.1 Å². The third-order valence-electron chi connectivity index (χ3n) is 6.01. The zero-order valence-electron chi connectivity index (χ0n) is 18.3. The number of anilines is 3. The molecule has 0 aromatic heterocycles. The van der Waals surface area contributed by atoms with E-state index in [2.05, 4.69) is 35.2 Å². The average Bonchev–Trinajstić information content (AvgIpc) is 3.19. The van der Waals surface area contributed by atoms with Crippen molar-refractivity contribution < 1.29 is 9.59 Å². The number of hydrogen-bond donors (Lipinski definition) is 1. The maximum Gasteiger partial charge on any atom is 0.248 e. The highest BCUT2D eigenvalue weighted by Gasteiger charge is 2.21. The second-order valence-electron chi connectivity index (χ2n) is 8.35. The summed E-state index contributed by atoms with van der Waals surface area (Å²) in [6.45, 7) is 7.05. The van der Waals surface area contributed by atoms with Gasteiger partial charge >= 0.3 is 0 Å². The first-order chi connectivity index (χ1) is 15.0. The normalized spacial score (nSPS) is 17.5. The Morgan fingerprint density at radius 1 is 1.00 bits per heavy atom. The van der Waals surface area contributed by atoms with Gasteiger partial charge in [0, 0.05) is 62.3 Å². The van der Waals surface area contributed by atoms with Crippen molar-refractivity contribution in [1.82, 2.24) is 4.90 Å². The van der Waals surface area contributed by atoms with Crippen molar-refractivity contribution in [1.29, 1.82) is 0 Å². The topological polar surface area (TPSA) is 55.9 Å². The van der Waals surface area contributed by atoms with E-state index in [0.29, 0.717) is 6.42 Å². The summed E-state index contributed by atoms with van der Waals surface area (Å²) in [6, 6.07) is 13.8. The van der Waals surface area contributed by atoms with Crippen LogP contribution in [0.4, 0.5) is 17.1 Å². The quantitative estimate of drug-likeness (QED) is 0.755. The molecule has 4 rings (SSSR count). The fourth-order valence-electron chi connectivity index (χ4n) is 4.18. The number of nitrogens with one attached hydrogen (secondary N) is 1. The smallest absolute Gasteiger partial charge is 0.248 e. The summed E-state index contributed by atoms with van der Waals surface area (Å²) in [7, 11) is 2.15. The van der Waals surface area contributed by atoms with Crippen LogP contribution in [0.3, 0.4) is 0 Å². The van der Waals surface area contributed by atoms with Gasteiger partial charge in [0.05, 0.1) is 0 Å². The number of carbonyl (C=O) groups excluding carboxylic acids is 2. The Morgan fingerprint density at radius 3 is 2.39 bits per heavy atom. The molecule has 6 heteroatoms. The first-order valence-electron chi connectivity index (χ1n) is 10.9. The van der Waals surface area contributed by atoms with Gasteiger partial charge in [0.15, 0.2) is 0 Å². The maximum atomic E-state index is 12.4. The third kappa shape index (κ3) is 5.14. The second-order valence-corrected chi connectivity index (χ2v) is 8.35. The van der Waals surface area contributed by atoms with Crippen molar-refractivity contribution in [3.63, 3.8) is 0 Å². The van der Waals surface area contributed by atoms with Gasteiger partial charge in [-0.15, -0.1) is 0 Å². The number of likely N-dealkylation sites (N-methyl/N-ethyl adjacent to an activating group) is 1. The lowest BCUT2D eigenvalue weighted by Crippen LogP contribution is -2.44. The summed E-state index contributed by atoms with van der Waals surface area (Å²) < 4.78 is 0. The van der Waals surface area contributed by atoms with E-state index >= 15 is 0 Å². The molecule has 2 fully saturated rings. The number of hydrogen-bond acceptors (Lipinski definition) is 4. The molecule has 0 unspecified atom stereocenters. The molecule has 2 amide bonds. The van der Waals surface area contributed by atoms with Crippen LogP contribution in [-0.4, -0.2) is 56.5 Å². The summed E-state index contributed by atoms with van der Waals surface area (Å²) in [4.78, 5) is 30.8. The van der Waals surface area contributed by atoms with Crippen molar-refractivity contribution in [3.05, 3.63) is 59.7 Å². The highest BCUT2D eigenvalue weighted by molar-refractivity contribution is 6.02. The van der Waals surface area contributed by atoms with Gasteiger partial charge in [-0.2, -0.15) is 0 Å². The lowest BCUT2D eigenvalue weighted by Gasteiger charge is -2.35. The van der Waals surface area contributed by atoms with E-state index in [1.54, 1.807) is 12.2 Å². The molecule has 2 saturated heterocycles. The molecule has 1 N–H and O–H groups in total. The molecule has 0 saturated carbocycles. The predicted octanol–water partition coefficient (Wildman–Crippen LogP) is 3.53. The molecule has 0 aliphatic carbocycles. The molecule has 162 valence electrons. The largest absolute Gasteiger partial charge is 0.369 e.